The first-order chi connectivity index (χ1) is 15.4. The molecule has 0 saturated heterocycles. The zero-order valence-corrected chi connectivity index (χ0v) is 18.1. The fourth-order valence-corrected chi connectivity index (χ4v) is 3.76. The number of rotatable bonds is 6. The van der Waals surface area contributed by atoms with Gasteiger partial charge in [-0.3, -0.25) is 14.5 Å². The van der Waals surface area contributed by atoms with Gasteiger partial charge in [0.2, 0.25) is 11.2 Å². The van der Waals surface area contributed by atoms with Gasteiger partial charge in [-0.1, -0.05) is 30.3 Å². The summed E-state index contributed by atoms with van der Waals surface area (Å²) in [5.41, 5.74) is 2.87. The second-order valence-electron chi connectivity index (χ2n) is 8.11. The van der Waals surface area contributed by atoms with Crippen LogP contribution >= 0.6 is 0 Å². The molecule has 2 aromatic carbocycles. The average molecular weight is 436 g/mol. The fraction of sp³-hybridized carbons (Fsp3) is 0.280. The van der Waals surface area contributed by atoms with Crippen LogP contribution in [-0.2, 0) is 26.1 Å². The van der Waals surface area contributed by atoms with E-state index >= 15 is 0 Å². The first-order valence-electron chi connectivity index (χ1n) is 10.4. The molecule has 0 aliphatic carbocycles. The summed E-state index contributed by atoms with van der Waals surface area (Å²) in [4.78, 5) is 27.9. The van der Waals surface area contributed by atoms with E-state index in [4.69, 9.17) is 9.15 Å². The van der Waals surface area contributed by atoms with Crippen molar-refractivity contribution >= 4 is 5.91 Å². The van der Waals surface area contributed by atoms with E-state index in [1.54, 1.807) is 20.2 Å². The average Bonchev–Trinajstić information content (AvgIpc) is 2.78. The third-order valence-corrected chi connectivity index (χ3v) is 5.51. The maximum Gasteiger partial charge on any atom is 0.256 e. The molecule has 0 unspecified atom stereocenters. The molecule has 166 valence electrons. The van der Waals surface area contributed by atoms with E-state index in [1.165, 1.54) is 40.5 Å². The Balaban J connectivity index is 1.37. The molecule has 0 spiro atoms. The molecule has 0 atom stereocenters. The van der Waals surface area contributed by atoms with Crippen molar-refractivity contribution in [1.82, 2.24) is 9.80 Å². The second-order valence-corrected chi connectivity index (χ2v) is 8.11. The molecule has 32 heavy (non-hydrogen) atoms. The third kappa shape index (κ3) is 4.89. The minimum Gasteiger partial charge on any atom is -0.482 e. The normalized spacial score (nSPS) is 13.5. The Morgan fingerprint density at radius 1 is 1.16 bits per heavy atom. The van der Waals surface area contributed by atoms with Crippen molar-refractivity contribution in [3.05, 3.63) is 98.8 Å². The van der Waals surface area contributed by atoms with Crippen molar-refractivity contribution in [3.63, 3.8) is 0 Å². The van der Waals surface area contributed by atoms with Crippen molar-refractivity contribution in [2.45, 2.75) is 26.1 Å². The molecule has 1 aliphatic rings. The third-order valence-electron chi connectivity index (χ3n) is 5.51. The van der Waals surface area contributed by atoms with Gasteiger partial charge in [0.15, 0.2) is 0 Å². The molecule has 0 saturated carbocycles. The first-order valence-corrected chi connectivity index (χ1v) is 10.4. The van der Waals surface area contributed by atoms with Crippen LogP contribution in [0.2, 0.25) is 0 Å². The van der Waals surface area contributed by atoms with Gasteiger partial charge in [-0.25, -0.2) is 4.39 Å². The van der Waals surface area contributed by atoms with Gasteiger partial charge in [-0.05, 0) is 35.2 Å². The van der Waals surface area contributed by atoms with Crippen molar-refractivity contribution in [1.29, 1.82) is 0 Å². The number of carbonyl (C=O) groups is 1. The Morgan fingerprint density at radius 3 is 2.66 bits per heavy atom. The molecule has 0 fully saturated rings. The summed E-state index contributed by atoms with van der Waals surface area (Å²) in [5, 5.41) is 0. The van der Waals surface area contributed by atoms with Crippen LogP contribution in [0.3, 0.4) is 0 Å². The summed E-state index contributed by atoms with van der Waals surface area (Å²) in [6.45, 7) is 2.24. The molecule has 0 N–H and O–H groups in total. The molecule has 1 aliphatic heterocycles. The molecular weight excluding hydrogens is 411 g/mol. The summed E-state index contributed by atoms with van der Waals surface area (Å²) in [7, 11) is 3.12. The Morgan fingerprint density at radius 2 is 1.94 bits per heavy atom. The lowest BCUT2D eigenvalue weighted by Gasteiger charge is -2.28. The van der Waals surface area contributed by atoms with E-state index in [-0.39, 0.29) is 23.3 Å². The van der Waals surface area contributed by atoms with E-state index in [2.05, 4.69) is 23.1 Å². The van der Waals surface area contributed by atoms with Crippen molar-refractivity contribution in [2.75, 3.05) is 20.6 Å². The topological polar surface area (TPSA) is 63.0 Å². The predicted molar refractivity (Wildman–Crippen MR) is 118 cm³/mol. The number of ether oxygens (including phenoxy) is 1. The highest BCUT2D eigenvalue weighted by molar-refractivity contribution is 5.94. The Bertz CT molecular complexity index is 1190. The maximum absolute atomic E-state index is 14.2. The number of carbonyl (C=O) groups excluding carboxylic acids is 1. The highest BCUT2D eigenvalue weighted by Crippen LogP contribution is 2.20. The van der Waals surface area contributed by atoms with Crippen LogP contribution in [0.25, 0.3) is 0 Å². The molecule has 1 amide bonds. The minimum atomic E-state index is -0.629. The number of hydrogen-bond acceptors (Lipinski definition) is 5. The summed E-state index contributed by atoms with van der Waals surface area (Å²) in [5.74, 6) is -0.412. The van der Waals surface area contributed by atoms with Crippen LogP contribution in [0, 0.1) is 5.82 Å². The molecule has 3 aromatic rings. The molecule has 4 rings (SSSR count). The SMILES string of the molecule is CN(C)C(=O)c1ccc(COc2coc(CN3CCc4ccccc4C3)cc2=O)cc1F. The largest absolute Gasteiger partial charge is 0.482 e. The summed E-state index contributed by atoms with van der Waals surface area (Å²) in [6.07, 6.45) is 2.27. The minimum absolute atomic E-state index is 0.0112. The number of nitrogens with zero attached hydrogens (tertiary/aromatic N) is 2. The summed E-state index contributed by atoms with van der Waals surface area (Å²) < 4.78 is 25.4. The molecule has 7 heteroatoms. The van der Waals surface area contributed by atoms with E-state index < -0.39 is 11.7 Å². The molecule has 1 aromatic heterocycles. The van der Waals surface area contributed by atoms with Crippen molar-refractivity contribution in [3.8, 4) is 5.75 Å². The zero-order valence-electron chi connectivity index (χ0n) is 18.1. The highest BCUT2D eigenvalue weighted by atomic mass is 19.1. The lowest BCUT2D eigenvalue weighted by molar-refractivity contribution is 0.0823. The molecule has 0 bridgehead atoms. The van der Waals surface area contributed by atoms with Crippen LogP contribution in [0.5, 0.6) is 5.75 Å². The number of halogens is 1. The molecule has 2 heterocycles. The lowest BCUT2D eigenvalue weighted by atomic mass is 10.00. The van der Waals surface area contributed by atoms with E-state index in [0.717, 1.165) is 19.5 Å². The summed E-state index contributed by atoms with van der Waals surface area (Å²) in [6, 6.07) is 14.1. The van der Waals surface area contributed by atoms with E-state index in [0.29, 0.717) is 17.9 Å². The van der Waals surface area contributed by atoms with Gasteiger partial charge in [0.25, 0.3) is 5.91 Å². The van der Waals surface area contributed by atoms with E-state index in [1.807, 2.05) is 6.07 Å². The fourth-order valence-electron chi connectivity index (χ4n) is 3.76. The Hall–Kier alpha value is -3.45. The second kappa shape index (κ2) is 9.36. The van der Waals surface area contributed by atoms with Crippen LogP contribution in [-0.4, -0.2) is 36.3 Å². The van der Waals surface area contributed by atoms with Gasteiger partial charge in [-0.15, -0.1) is 0 Å². The molecule has 0 radical (unpaired) electrons. The van der Waals surface area contributed by atoms with Gasteiger partial charge in [0.1, 0.15) is 24.4 Å². The maximum atomic E-state index is 14.2. The van der Waals surface area contributed by atoms with Gasteiger partial charge in [0, 0.05) is 33.3 Å². The van der Waals surface area contributed by atoms with Crippen LogP contribution in [0.15, 0.2) is 64.0 Å². The number of amides is 1. The van der Waals surface area contributed by atoms with Crippen LogP contribution in [0.4, 0.5) is 4.39 Å². The number of hydrogen-bond donors (Lipinski definition) is 0. The lowest BCUT2D eigenvalue weighted by Crippen LogP contribution is -2.30. The molecule has 6 nitrogen and oxygen atoms in total. The van der Waals surface area contributed by atoms with Crippen molar-refractivity contribution < 1.29 is 18.3 Å². The van der Waals surface area contributed by atoms with Crippen LogP contribution < -0.4 is 10.2 Å². The predicted octanol–water partition coefficient (Wildman–Crippen LogP) is 3.62. The van der Waals surface area contributed by atoms with Gasteiger partial charge < -0.3 is 14.1 Å². The number of fused-ring (bicyclic) bond motifs is 1. The first kappa shape index (κ1) is 21.8. The quantitative estimate of drug-likeness (QED) is 0.591. The van der Waals surface area contributed by atoms with Gasteiger partial charge in [-0.2, -0.15) is 0 Å². The highest BCUT2D eigenvalue weighted by Gasteiger charge is 2.18. The molecular formula is C25H25FN2O4. The van der Waals surface area contributed by atoms with Crippen LogP contribution in [0.1, 0.15) is 32.8 Å². The van der Waals surface area contributed by atoms with Crippen molar-refractivity contribution in [2.24, 2.45) is 0 Å². The Labute approximate surface area is 185 Å². The zero-order chi connectivity index (χ0) is 22.7. The number of benzene rings is 2. The monoisotopic (exact) mass is 436 g/mol. The van der Waals surface area contributed by atoms with Gasteiger partial charge >= 0.3 is 0 Å². The summed E-state index contributed by atoms with van der Waals surface area (Å²) >= 11 is 0. The standard InChI is InChI=1S/C25H25FN2O4/c1-27(2)25(30)21-8-7-17(11-22(21)26)15-32-24-16-31-20(12-23(24)29)14-28-10-9-18-5-3-4-6-19(18)13-28/h3-8,11-12,16H,9-10,13-15H2,1-2H3. The Kier molecular flexibility index (Phi) is 6.37. The smallest absolute Gasteiger partial charge is 0.256 e. The van der Waals surface area contributed by atoms with Gasteiger partial charge in [0.05, 0.1) is 12.1 Å². The van der Waals surface area contributed by atoms with E-state index in [9.17, 15) is 14.0 Å².